The number of alkyl halides is 1. The van der Waals surface area contributed by atoms with E-state index in [-0.39, 0.29) is 12.5 Å². The van der Waals surface area contributed by atoms with Crippen molar-refractivity contribution in [2.75, 3.05) is 164 Å². The van der Waals surface area contributed by atoms with E-state index >= 15 is 0 Å². The predicted molar refractivity (Wildman–Crippen MR) is 206 cm³/mol. The summed E-state index contributed by atoms with van der Waals surface area (Å²) in [5, 5.41) is 3.58. The van der Waals surface area contributed by atoms with Crippen LogP contribution in [0.5, 0.6) is 0 Å². The summed E-state index contributed by atoms with van der Waals surface area (Å²) in [5.74, 6) is 0.0369. The van der Waals surface area contributed by atoms with Crippen LogP contribution in [0.25, 0.3) is 11.1 Å². The Bertz CT molecular complexity index is 1150. The molecule has 14 nitrogen and oxygen atoms in total. The molecular formula is C39H60BrNO13. The lowest BCUT2D eigenvalue weighted by Crippen LogP contribution is -2.29. The normalized spacial score (nSPS) is 12.2. The van der Waals surface area contributed by atoms with Crippen molar-refractivity contribution in [3.05, 3.63) is 59.7 Å². The van der Waals surface area contributed by atoms with Crippen LogP contribution in [0.3, 0.4) is 0 Å². The Labute approximate surface area is 328 Å². The van der Waals surface area contributed by atoms with Gasteiger partial charge in [0.15, 0.2) is 0 Å². The molecule has 0 saturated carbocycles. The van der Waals surface area contributed by atoms with Gasteiger partial charge < -0.3 is 62.2 Å². The molecule has 0 aromatic heterocycles. The fraction of sp³-hybridized carbons (Fsp3) is 0.667. The second-order valence-electron chi connectivity index (χ2n) is 11.7. The molecule has 2 aromatic rings. The SMILES string of the molecule is O=C(NCCOCCOCCOCCOCCOCCOCCOCCOCCOCCOCCOCCBr)OCC1c2ccccc2-c2ccccc21. The summed E-state index contributed by atoms with van der Waals surface area (Å²) in [7, 11) is 0. The molecule has 1 amide bonds. The topological polar surface area (TPSA) is 140 Å². The number of carbonyl (C=O) groups excluding carboxylic acids is 1. The van der Waals surface area contributed by atoms with Gasteiger partial charge in [-0.2, -0.15) is 0 Å². The van der Waals surface area contributed by atoms with E-state index in [1.165, 1.54) is 22.3 Å². The van der Waals surface area contributed by atoms with Crippen LogP contribution in [0.15, 0.2) is 48.5 Å². The number of benzene rings is 2. The molecule has 2 aromatic carbocycles. The van der Waals surface area contributed by atoms with Gasteiger partial charge in [0, 0.05) is 17.8 Å². The zero-order valence-corrected chi connectivity index (χ0v) is 33.1. The third-order valence-corrected chi connectivity index (χ3v) is 8.12. The lowest BCUT2D eigenvalue weighted by Gasteiger charge is -2.14. The molecule has 1 N–H and O–H groups in total. The van der Waals surface area contributed by atoms with E-state index in [4.69, 9.17) is 56.8 Å². The van der Waals surface area contributed by atoms with E-state index in [1.54, 1.807) is 0 Å². The first kappa shape index (κ1) is 46.1. The Morgan fingerprint density at radius 1 is 0.444 bits per heavy atom. The van der Waals surface area contributed by atoms with E-state index in [1.807, 2.05) is 24.3 Å². The van der Waals surface area contributed by atoms with E-state index < -0.39 is 6.09 Å². The maximum absolute atomic E-state index is 12.2. The van der Waals surface area contributed by atoms with Crippen molar-refractivity contribution < 1.29 is 61.6 Å². The fourth-order valence-electron chi connectivity index (χ4n) is 5.23. The van der Waals surface area contributed by atoms with Crippen molar-refractivity contribution in [1.29, 1.82) is 0 Å². The van der Waals surface area contributed by atoms with Gasteiger partial charge in [-0.3, -0.25) is 0 Å². The molecule has 0 atom stereocenters. The largest absolute Gasteiger partial charge is 0.449 e. The monoisotopic (exact) mass is 829 g/mol. The Hall–Kier alpha value is -2.25. The van der Waals surface area contributed by atoms with Crippen molar-refractivity contribution in [3.8, 4) is 11.1 Å². The van der Waals surface area contributed by atoms with E-state index in [0.717, 1.165) is 5.33 Å². The summed E-state index contributed by atoms with van der Waals surface area (Å²) in [5.41, 5.74) is 4.77. The Morgan fingerprint density at radius 2 is 0.741 bits per heavy atom. The van der Waals surface area contributed by atoms with E-state index in [0.29, 0.717) is 152 Å². The van der Waals surface area contributed by atoms with E-state index in [9.17, 15) is 4.79 Å². The van der Waals surface area contributed by atoms with Gasteiger partial charge in [-0.05, 0) is 22.3 Å². The van der Waals surface area contributed by atoms with E-state index in [2.05, 4.69) is 45.5 Å². The lowest BCUT2D eigenvalue weighted by molar-refractivity contribution is -0.0273. The van der Waals surface area contributed by atoms with Crippen molar-refractivity contribution >= 4 is 22.0 Å². The number of carbonyl (C=O) groups is 1. The number of rotatable bonds is 37. The Morgan fingerprint density at radius 3 is 1.07 bits per heavy atom. The zero-order chi connectivity index (χ0) is 38.0. The molecule has 0 spiro atoms. The number of nitrogens with one attached hydrogen (secondary N) is 1. The number of hydrogen-bond donors (Lipinski definition) is 1. The zero-order valence-electron chi connectivity index (χ0n) is 31.6. The minimum Gasteiger partial charge on any atom is -0.449 e. The average molecular weight is 831 g/mol. The molecule has 0 fully saturated rings. The first-order valence-electron chi connectivity index (χ1n) is 18.8. The van der Waals surface area contributed by atoms with Gasteiger partial charge in [-0.1, -0.05) is 64.5 Å². The molecule has 0 bridgehead atoms. The van der Waals surface area contributed by atoms with Crippen LogP contribution in [-0.2, 0) is 56.8 Å². The van der Waals surface area contributed by atoms with Gasteiger partial charge in [0.25, 0.3) is 0 Å². The third kappa shape index (κ3) is 21.7. The molecule has 0 aliphatic heterocycles. The van der Waals surface area contributed by atoms with Gasteiger partial charge in [-0.15, -0.1) is 0 Å². The third-order valence-electron chi connectivity index (χ3n) is 7.80. The number of amides is 1. The summed E-state index contributed by atoms with van der Waals surface area (Å²) >= 11 is 3.30. The number of fused-ring (bicyclic) bond motifs is 3. The van der Waals surface area contributed by atoms with Crippen LogP contribution < -0.4 is 5.32 Å². The molecule has 3 rings (SSSR count). The van der Waals surface area contributed by atoms with Crippen LogP contribution in [0, 0.1) is 0 Å². The molecule has 0 radical (unpaired) electrons. The van der Waals surface area contributed by atoms with Crippen LogP contribution in [0.4, 0.5) is 4.79 Å². The molecule has 0 heterocycles. The van der Waals surface area contributed by atoms with Gasteiger partial charge in [-0.25, -0.2) is 4.79 Å². The predicted octanol–water partition coefficient (Wildman–Crippen LogP) is 4.10. The smallest absolute Gasteiger partial charge is 0.407 e. The molecule has 15 heteroatoms. The summed E-state index contributed by atoms with van der Waals surface area (Å²) in [6.07, 6.45) is -0.452. The van der Waals surface area contributed by atoms with Crippen molar-refractivity contribution in [1.82, 2.24) is 5.32 Å². The number of halogens is 1. The maximum Gasteiger partial charge on any atom is 0.407 e. The van der Waals surface area contributed by atoms with Crippen molar-refractivity contribution in [2.45, 2.75) is 5.92 Å². The lowest BCUT2D eigenvalue weighted by atomic mass is 9.98. The van der Waals surface area contributed by atoms with Crippen LogP contribution in [-0.4, -0.2) is 170 Å². The fourth-order valence-corrected chi connectivity index (χ4v) is 5.46. The summed E-state index contributed by atoms with van der Waals surface area (Å²) in [6, 6.07) is 16.5. The molecule has 1 aliphatic rings. The molecule has 306 valence electrons. The quantitative estimate of drug-likeness (QED) is 0.0774. The van der Waals surface area contributed by atoms with Gasteiger partial charge in [0.1, 0.15) is 6.61 Å². The van der Waals surface area contributed by atoms with Crippen LogP contribution in [0.2, 0.25) is 0 Å². The Balaban J connectivity index is 0.947. The number of hydrogen-bond acceptors (Lipinski definition) is 13. The molecule has 0 saturated heterocycles. The van der Waals surface area contributed by atoms with Gasteiger partial charge in [0.05, 0.1) is 145 Å². The highest BCUT2D eigenvalue weighted by Gasteiger charge is 2.28. The highest BCUT2D eigenvalue weighted by molar-refractivity contribution is 9.09. The summed E-state index contributed by atoms with van der Waals surface area (Å²) < 4.78 is 65.7. The second kappa shape index (κ2) is 32.9. The average Bonchev–Trinajstić information content (AvgIpc) is 3.52. The molecule has 0 unspecified atom stereocenters. The van der Waals surface area contributed by atoms with Crippen LogP contribution >= 0.6 is 15.9 Å². The van der Waals surface area contributed by atoms with Crippen molar-refractivity contribution in [3.63, 3.8) is 0 Å². The molecule has 54 heavy (non-hydrogen) atoms. The minimum atomic E-state index is -0.452. The highest BCUT2D eigenvalue weighted by Crippen LogP contribution is 2.44. The standard InChI is InChI=1S/C39H60BrNO13/c40-9-11-43-13-15-45-17-19-47-21-23-49-25-27-51-29-31-53-32-30-52-28-26-50-24-22-48-20-18-46-16-14-44-12-10-41-39(42)54-33-38-36-7-3-1-5-34(36)35-6-2-4-8-37(35)38/h1-8,38H,9-33H2,(H,41,42). The second-order valence-corrected chi connectivity index (χ2v) is 12.5. The van der Waals surface area contributed by atoms with Gasteiger partial charge >= 0.3 is 6.09 Å². The minimum absolute atomic E-state index is 0.0369. The maximum atomic E-state index is 12.2. The van der Waals surface area contributed by atoms with Gasteiger partial charge in [0.2, 0.25) is 0 Å². The number of alkyl carbamates (subject to hydrolysis) is 1. The molecular weight excluding hydrogens is 770 g/mol. The number of ether oxygens (including phenoxy) is 12. The van der Waals surface area contributed by atoms with Crippen molar-refractivity contribution in [2.24, 2.45) is 0 Å². The van der Waals surface area contributed by atoms with Crippen LogP contribution in [0.1, 0.15) is 17.0 Å². The molecule has 1 aliphatic carbocycles. The highest BCUT2D eigenvalue weighted by atomic mass is 79.9. The first-order chi connectivity index (χ1) is 26.8. The first-order valence-corrected chi connectivity index (χ1v) is 19.9. The summed E-state index contributed by atoms with van der Waals surface area (Å²) in [6.45, 7) is 11.8. The Kier molecular flexibility index (Phi) is 28.1. The summed E-state index contributed by atoms with van der Waals surface area (Å²) in [4.78, 5) is 12.2.